The summed E-state index contributed by atoms with van der Waals surface area (Å²) in [4.78, 5) is 14.9. The molecule has 8 heteroatoms. The van der Waals surface area contributed by atoms with Crippen molar-refractivity contribution in [1.29, 1.82) is 0 Å². The van der Waals surface area contributed by atoms with Gasteiger partial charge in [0.1, 0.15) is 0 Å². The normalized spacial score (nSPS) is 13.2. The summed E-state index contributed by atoms with van der Waals surface area (Å²) >= 11 is 0. The number of carbonyl (C=O) groups is 1. The van der Waals surface area contributed by atoms with Gasteiger partial charge in [0.05, 0.1) is 24.8 Å². The van der Waals surface area contributed by atoms with Gasteiger partial charge in [0.2, 0.25) is 0 Å². The molecule has 1 heterocycles. The van der Waals surface area contributed by atoms with Gasteiger partial charge in [-0.1, -0.05) is 24.3 Å². The molecule has 33 heavy (non-hydrogen) atoms. The molecule has 7 nitrogen and oxygen atoms in total. The summed E-state index contributed by atoms with van der Waals surface area (Å²) in [6.45, 7) is 1.23. The van der Waals surface area contributed by atoms with Gasteiger partial charge in [-0.25, -0.2) is 8.42 Å². The largest absolute Gasteiger partial charge is 0.493 e. The number of fused-ring (bicyclic) bond motifs is 1. The number of amides is 1. The third-order valence-corrected chi connectivity index (χ3v) is 7.69. The molecule has 3 aromatic rings. The van der Waals surface area contributed by atoms with Crippen LogP contribution >= 0.6 is 0 Å². The van der Waals surface area contributed by atoms with Crippen LogP contribution in [0.5, 0.6) is 11.5 Å². The third-order valence-electron chi connectivity index (χ3n) is 5.91. The van der Waals surface area contributed by atoms with E-state index in [4.69, 9.17) is 9.47 Å². The molecule has 0 fully saturated rings. The van der Waals surface area contributed by atoms with Crippen LogP contribution in [0, 0.1) is 0 Å². The maximum atomic E-state index is 13.1. The van der Waals surface area contributed by atoms with E-state index >= 15 is 0 Å². The van der Waals surface area contributed by atoms with Crippen LogP contribution in [0.3, 0.4) is 0 Å². The smallest absolute Gasteiger partial charge is 0.264 e. The van der Waals surface area contributed by atoms with Crippen molar-refractivity contribution in [2.24, 2.45) is 0 Å². The molecule has 0 radical (unpaired) electrons. The van der Waals surface area contributed by atoms with Crippen molar-refractivity contribution in [2.45, 2.75) is 17.9 Å². The van der Waals surface area contributed by atoms with Gasteiger partial charge in [0.15, 0.2) is 11.5 Å². The lowest BCUT2D eigenvalue weighted by Crippen LogP contribution is -2.36. The molecule has 0 saturated heterocycles. The molecular formula is C25H26N2O5S. The number of benzene rings is 3. The molecule has 3 aromatic carbocycles. The molecule has 172 valence electrons. The summed E-state index contributed by atoms with van der Waals surface area (Å²) in [5.41, 5.74) is 3.41. The fraction of sp³-hybridized carbons (Fsp3) is 0.240. The Bertz CT molecular complexity index is 1270. The Labute approximate surface area is 194 Å². The maximum Gasteiger partial charge on any atom is 0.264 e. The van der Waals surface area contributed by atoms with Gasteiger partial charge >= 0.3 is 0 Å². The van der Waals surface area contributed by atoms with Crippen molar-refractivity contribution >= 4 is 21.6 Å². The first-order chi connectivity index (χ1) is 15.8. The van der Waals surface area contributed by atoms with Crippen molar-refractivity contribution in [3.8, 4) is 11.5 Å². The molecule has 0 aromatic heterocycles. The number of hydrogen-bond acceptors (Lipinski definition) is 5. The van der Waals surface area contributed by atoms with E-state index in [1.54, 1.807) is 30.3 Å². The van der Waals surface area contributed by atoms with E-state index < -0.39 is 10.0 Å². The summed E-state index contributed by atoms with van der Waals surface area (Å²) in [5.74, 6) is 0.708. The van der Waals surface area contributed by atoms with Crippen LogP contribution < -0.4 is 13.8 Å². The van der Waals surface area contributed by atoms with Crippen molar-refractivity contribution in [3.63, 3.8) is 0 Å². The maximum absolute atomic E-state index is 13.1. The molecule has 0 aliphatic carbocycles. The molecular weight excluding hydrogens is 440 g/mol. The van der Waals surface area contributed by atoms with E-state index in [1.165, 1.54) is 43.3 Å². The minimum Gasteiger partial charge on any atom is -0.493 e. The van der Waals surface area contributed by atoms with Gasteiger partial charge < -0.3 is 14.4 Å². The Morgan fingerprint density at radius 3 is 2.24 bits per heavy atom. The van der Waals surface area contributed by atoms with Crippen molar-refractivity contribution in [3.05, 3.63) is 83.4 Å². The van der Waals surface area contributed by atoms with Gasteiger partial charge in [-0.3, -0.25) is 9.10 Å². The molecule has 0 atom stereocenters. The fourth-order valence-electron chi connectivity index (χ4n) is 3.94. The van der Waals surface area contributed by atoms with E-state index in [0.29, 0.717) is 35.8 Å². The lowest BCUT2D eigenvalue weighted by atomic mass is 9.99. The predicted octanol–water partition coefficient (Wildman–Crippen LogP) is 3.73. The predicted molar refractivity (Wildman–Crippen MR) is 126 cm³/mol. The monoisotopic (exact) mass is 466 g/mol. The minimum atomic E-state index is -3.83. The first-order valence-electron chi connectivity index (χ1n) is 10.5. The van der Waals surface area contributed by atoms with Crippen molar-refractivity contribution in [2.75, 3.05) is 32.1 Å². The van der Waals surface area contributed by atoms with E-state index in [9.17, 15) is 13.2 Å². The molecule has 0 spiro atoms. The first kappa shape index (κ1) is 22.7. The summed E-state index contributed by atoms with van der Waals surface area (Å²) in [6, 6.07) is 19.2. The van der Waals surface area contributed by atoms with E-state index in [1.807, 2.05) is 23.1 Å². The van der Waals surface area contributed by atoms with Crippen LogP contribution in [-0.4, -0.2) is 47.0 Å². The Morgan fingerprint density at radius 1 is 0.909 bits per heavy atom. The average Bonchev–Trinajstić information content (AvgIpc) is 2.87. The highest BCUT2D eigenvalue weighted by Crippen LogP contribution is 2.32. The Kier molecular flexibility index (Phi) is 6.29. The number of hydrogen-bond donors (Lipinski definition) is 0. The molecule has 1 aliphatic rings. The highest BCUT2D eigenvalue weighted by Gasteiger charge is 2.25. The number of carbonyl (C=O) groups excluding carboxylic acids is 1. The minimum absolute atomic E-state index is 0.0681. The third kappa shape index (κ3) is 4.39. The number of methoxy groups -OCH3 is 2. The van der Waals surface area contributed by atoms with Gasteiger partial charge in [0.25, 0.3) is 15.9 Å². The van der Waals surface area contributed by atoms with Gasteiger partial charge in [-0.15, -0.1) is 0 Å². The summed E-state index contributed by atoms with van der Waals surface area (Å²) in [5, 5.41) is 0. The van der Waals surface area contributed by atoms with E-state index in [0.717, 1.165) is 12.0 Å². The molecule has 0 unspecified atom stereocenters. The van der Waals surface area contributed by atoms with Crippen LogP contribution in [0.2, 0.25) is 0 Å². The Hall–Kier alpha value is -3.52. The molecule has 1 amide bonds. The number of nitrogens with zero attached hydrogens (tertiary/aromatic N) is 2. The second kappa shape index (κ2) is 9.15. The lowest BCUT2D eigenvalue weighted by Gasteiger charge is -2.29. The topological polar surface area (TPSA) is 76.2 Å². The molecule has 0 N–H and O–H groups in total. The molecule has 4 rings (SSSR count). The van der Waals surface area contributed by atoms with Gasteiger partial charge in [-0.2, -0.15) is 0 Å². The number of sulfonamides is 1. The average molecular weight is 467 g/mol. The SMILES string of the molecule is COc1ccc(S(=O)(=O)N(C)c2ccc(C(=O)N3CCc4ccccc4C3)cc2)cc1OC. The number of rotatable bonds is 6. The quantitative estimate of drug-likeness (QED) is 0.553. The molecule has 0 saturated carbocycles. The van der Waals surface area contributed by atoms with Gasteiger partial charge in [0, 0.05) is 31.8 Å². The summed E-state index contributed by atoms with van der Waals surface area (Å²) in [6.07, 6.45) is 0.826. The fourth-order valence-corrected chi connectivity index (χ4v) is 5.15. The van der Waals surface area contributed by atoms with Crippen LogP contribution in [0.4, 0.5) is 5.69 Å². The van der Waals surface area contributed by atoms with E-state index in [2.05, 4.69) is 6.07 Å². The van der Waals surface area contributed by atoms with Crippen LogP contribution in [0.25, 0.3) is 0 Å². The highest BCUT2D eigenvalue weighted by molar-refractivity contribution is 7.92. The van der Waals surface area contributed by atoms with Gasteiger partial charge in [-0.05, 0) is 53.9 Å². The zero-order valence-electron chi connectivity index (χ0n) is 18.8. The second-order valence-electron chi connectivity index (χ2n) is 7.78. The second-order valence-corrected chi connectivity index (χ2v) is 9.75. The van der Waals surface area contributed by atoms with Crippen LogP contribution in [0.15, 0.2) is 71.6 Å². The zero-order chi connectivity index (χ0) is 23.6. The molecule has 0 bridgehead atoms. The Balaban J connectivity index is 1.52. The van der Waals surface area contributed by atoms with Crippen molar-refractivity contribution in [1.82, 2.24) is 4.90 Å². The number of anilines is 1. The lowest BCUT2D eigenvalue weighted by molar-refractivity contribution is 0.0734. The van der Waals surface area contributed by atoms with E-state index in [-0.39, 0.29) is 10.8 Å². The summed E-state index contributed by atoms with van der Waals surface area (Å²) < 4.78 is 37.9. The van der Waals surface area contributed by atoms with Crippen molar-refractivity contribution < 1.29 is 22.7 Å². The van der Waals surface area contributed by atoms with Crippen LogP contribution in [-0.2, 0) is 23.0 Å². The first-order valence-corrected chi connectivity index (χ1v) is 12.0. The summed E-state index contributed by atoms with van der Waals surface area (Å²) in [7, 11) is 0.585. The number of ether oxygens (including phenoxy) is 2. The Morgan fingerprint density at radius 2 is 1.58 bits per heavy atom. The van der Waals surface area contributed by atoms with Crippen LogP contribution in [0.1, 0.15) is 21.5 Å². The zero-order valence-corrected chi connectivity index (χ0v) is 19.6. The molecule has 1 aliphatic heterocycles. The highest BCUT2D eigenvalue weighted by atomic mass is 32.2. The standard InChI is InChI=1S/C25H26N2O5S/c1-26(33(29,30)22-12-13-23(31-2)24(16-22)32-3)21-10-8-19(9-11-21)25(28)27-15-14-18-6-4-5-7-20(18)17-27/h4-13,16H,14-15,17H2,1-3H3.